The van der Waals surface area contributed by atoms with E-state index in [2.05, 4.69) is 30.8 Å². The first-order chi connectivity index (χ1) is 8.12. The third-order valence-corrected chi connectivity index (χ3v) is 2.87. The summed E-state index contributed by atoms with van der Waals surface area (Å²) in [5, 5.41) is 7.91. The van der Waals surface area contributed by atoms with Crippen molar-refractivity contribution in [1.29, 1.82) is 0 Å². The van der Waals surface area contributed by atoms with E-state index in [0.717, 1.165) is 31.0 Å². The number of hydrogen-bond acceptors (Lipinski definition) is 3. The molecule has 0 aliphatic heterocycles. The summed E-state index contributed by atoms with van der Waals surface area (Å²) in [4.78, 5) is 0. The van der Waals surface area contributed by atoms with Crippen LogP contribution in [0.25, 0.3) is 0 Å². The normalized spacial score (nSPS) is 12.5. The number of nitrogens with one attached hydrogen (secondary N) is 1. The summed E-state index contributed by atoms with van der Waals surface area (Å²) < 4.78 is 6.99. The molecular weight excluding hydrogens is 214 g/mol. The smallest absolute Gasteiger partial charge is 0.211 e. The molecule has 96 valence electrons. The molecule has 4 heteroatoms. The third kappa shape index (κ3) is 3.60. The van der Waals surface area contributed by atoms with E-state index in [9.17, 15) is 0 Å². The van der Waals surface area contributed by atoms with Crippen molar-refractivity contribution in [1.82, 2.24) is 15.1 Å². The van der Waals surface area contributed by atoms with E-state index in [4.69, 9.17) is 4.74 Å². The largest absolute Gasteiger partial charge is 0.481 e. The van der Waals surface area contributed by atoms with Crippen molar-refractivity contribution in [3.05, 3.63) is 23.9 Å². The summed E-state index contributed by atoms with van der Waals surface area (Å²) in [6, 6.07) is 2.21. The average Bonchev–Trinajstić information content (AvgIpc) is 2.69. The van der Waals surface area contributed by atoms with Crippen molar-refractivity contribution >= 4 is 0 Å². The van der Waals surface area contributed by atoms with Crippen LogP contribution in [0.15, 0.2) is 18.2 Å². The monoisotopic (exact) mass is 237 g/mol. The summed E-state index contributed by atoms with van der Waals surface area (Å²) in [7, 11) is 3.55. The molecule has 1 rings (SSSR count). The minimum absolute atomic E-state index is 0.225. The van der Waals surface area contributed by atoms with Crippen molar-refractivity contribution < 1.29 is 4.74 Å². The van der Waals surface area contributed by atoms with E-state index in [1.54, 1.807) is 11.8 Å². The van der Waals surface area contributed by atoms with Crippen LogP contribution in [0.4, 0.5) is 0 Å². The van der Waals surface area contributed by atoms with Crippen LogP contribution in [0.2, 0.25) is 0 Å². The molecule has 0 aliphatic carbocycles. The lowest BCUT2D eigenvalue weighted by atomic mass is 10.0. The minimum atomic E-state index is 0.225. The standard InChI is InChI=1S/C13H23N3O/c1-6-10(3)8-11(14-7-2)12-9-13(17-5)16(4)15-12/h9,11,14H,3,6-8H2,1-2,4-5H3. The Morgan fingerprint density at radius 3 is 2.76 bits per heavy atom. The number of rotatable bonds is 7. The first-order valence-corrected chi connectivity index (χ1v) is 6.10. The third-order valence-electron chi connectivity index (χ3n) is 2.87. The molecular formula is C13H23N3O. The van der Waals surface area contributed by atoms with Gasteiger partial charge in [0.15, 0.2) is 0 Å². The molecule has 1 aromatic rings. The Labute approximate surface area is 104 Å². The van der Waals surface area contributed by atoms with E-state index in [1.165, 1.54) is 5.57 Å². The van der Waals surface area contributed by atoms with Crippen LogP contribution in [0, 0.1) is 0 Å². The summed E-state index contributed by atoms with van der Waals surface area (Å²) in [6.07, 6.45) is 1.93. The van der Waals surface area contributed by atoms with Gasteiger partial charge in [0.1, 0.15) is 0 Å². The number of nitrogens with zero attached hydrogens (tertiary/aromatic N) is 2. The maximum atomic E-state index is 5.24. The lowest BCUT2D eigenvalue weighted by Gasteiger charge is -2.16. The summed E-state index contributed by atoms with van der Waals surface area (Å²) >= 11 is 0. The van der Waals surface area contributed by atoms with Gasteiger partial charge in [0.05, 0.1) is 18.8 Å². The van der Waals surface area contributed by atoms with Gasteiger partial charge in [0.25, 0.3) is 0 Å². The first-order valence-electron chi connectivity index (χ1n) is 6.10. The quantitative estimate of drug-likeness (QED) is 0.740. The van der Waals surface area contributed by atoms with E-state index < -0.39 is 0 Å². The molecule has 0 saturated heterocycles. The van der Waals surface area contributed by atoms with E-state index in [0.29, 0.717) is 0 Å². The number of methoxy groups -OCH3 is 1. The van der Waals surface area contributed by atoms with Crippen LogP contribution < -0.4 is 10.1 Å². The number of ether oxygens (including phenoxy) is 1. The van der Waals surface area contributed by atoms with Crippen LogP contribution in [-0.4, -0.2) is 23.4 Å². The minimum Gasteiger partial charge on any atom is -0.481 e. The Kier molecular flexibility index (Phi) is 5.22. The summed E-state index contributed by atoms with van der Waals surface area (Å²) in [6.45, 7) is 9.21. The van der Waals surface area contributed by atoms with Crippen molar-refractivity contribution in [2.24, 2.45) is 7.05 Å². The van der Waals surface area contributed by atoms with Crippen LogP contribution >= 0.6 is 0 Å². The molecule has 0 bridgehead atoms. The van der Waals surface area contributed by atoms with Gasteiger partial charge in [-0.2, -0.15) is 5.10 Å². The maximum absolute atomic E-state index is 5.24. The van der Waals surface area contributed by atoms with Gasteiger partial charge < -0.3 is 10.1 Å². The number of hydrogen-bond donors (Lipinski definition) is 1. The summed E-state index contributed by atoms with van der Waals surface area (Å²) in [5.74, 6) is 0.782. The predicted molar refractivity (Wildman–Crippen MR) is 70.2 cm³/mol. The van der Waals surface area contributed by atoms with Gasteiger partial charge in [-0.05, 0) is 19.4 Å². The lowest BCUT2D eigenvalue weighted by molar-refractivity contribution is 0.373. The van der Waals surface area contributed by atoms with Gasteiger partial charge in [0.2, 0.25) is 5.88 Å². The molecule has 17 heavy (non-hydrogen) atoms. The lowest BCUT2D eigenvalue weighted by Crippen LogP contribution is -2.21. The molecule has 1 aromatic heterocycles. The van der Waals surface area contributed by atoms with E-state index in [1.807, 2.05) is 13.1 Å². The Morgan fingerprint density at radius 2 is 2.29 bits per heavy atom. The van der Waals surface area contributed by atoms with Crippen LogP contribution in [0.5, 0.6) is 5.88 Å². The zero-order chi connectivity index (χ0) is 12.8. The zero-order valence-electron chi connectivity index (χ0n) is 11.3. The van der Waals surface area contributed by atoms with Crippen molar-refractivity contribution in [3.8, 4) is 5.88 Å². The van der Waals surface area contributed by atoms with Gasteiger partial charge in [-0.15, -0.1) is 0 Å². The molecule has 1 N–H and O–H groups in total. The fourth-order valence-corrected chi connectivity index (χ4v) is 1.79. The Balaban J connectivity index is 2.84. The van der Waals surface area contributed by atoms with Gasteiger partial charge in [-0.1, -0.05) is 26.0 Å². The average molecular weight is 237 g/mol. The van der Waals surface area contributed by atoms with Gasteiger partial charge in [-0.25, -0.2) is 4.68 Å². The maximum Gasteiger partial charge on any atom is 0.211 e. The van der Waals surface area contributed by atoms with Gasteiger partial charge in [-0.3, -0.25) is 0 Å². The second kappa shape index (κ2) is 6.45. The molecule has 1 heterocycles. The van der Waals surface area contributed by atoms with Gasteiger partial charge in [0, 0.05) is 13.1 Å². The highest BCUT2D eigenvalue weighted by Gasteiger charge is 2.16. The summed E-state index contributed by atoms with van der Waals surface area (Å²) in [5.41, 5.74) is 2.25. The SMILES string of the molecule is C=C(CC)CC(NCC)c1cc(OC)n(C)n1. The Morgan fingerprint density at radius 1 is 1.59 bits per heavy atom. The molecule has 4 nitrogen and oxygen atoms in total. The fraction of sp³-hybridized carbons (Fsp3) is 0.615. The fourth-order valence-electron chi connectivity index (χ4n) is 1.79. The molecule has 0 aromatic carbocycles. The second-order valence-corrected chi connectivity index (χ2v) is 4.15. The van der Waals surface area contributed by atoms with Crippen molar-refractivity contribution in [2.45, 2.75) is 32.7 Å². The topological polar surface area (TPSA) is 39.1 Å². The van der Waals surface area contributed by atoms with Crippen molar-refractivity contribution in [2.75, 3.05) is 13.7 Å². The van der Waals surface area contributed by atoms with E-state index in [-0.39, 0.29) is 6.04 Å². The second-order valence-electron chi connectivity index (χ2n) is 4.15. The molecule has 0 radical (unpaired) electrons. The van der Waals surface area contributed by atoms with Crippen molar-refractivity contribution in [3.63, 3.8) is 0 Å². The molecule has 1 unspecified atom stereocenters. The van der Waals surface area contributed by atoms with Crippen LogP contribution in [0.3, 0.4) is 0 Å². The predicted octanol–water partition coefficient (Wildman–Crippen LogP) is 2.44. The number of aromatic nitrogens is 2. The van der Waals surface area contributed by atoms with Crippen LogP contribution in [-0.2, 0) is 7.05 Å². The zero-order valence-corrected chi connectivity index (χ0v) is 11.3. The Hall–Kier alpha value is -1.29. The highest BCUT2D eigenvalue weighted by atomic mass is 16.5. The number of aryl methyl sites for hydroxylation is 1. The first kappa shape index (κ1) is 13.8. The molecule has 0 amide bonds. The Bertz CT molecular complexity index is 371. The highest BCUT2D eigenvalue weighted by Crippen LogP contribution is 2.23. The molecule has 0 spiro atoms. The van der Waals surface area contributed by atoms with E-state index >= 15 is 0 Å². The molecule has 1 atom stereocenters. The molecule has 0 saturated carbocycles. The molecule has 0 fully saturated rings. The molecule has 0 aliphatic rings. The highest BCUT2D eigenvalue weighted by molar-refractivity contribution is 5.20. The van der Waals surface area contributed by atoms with Crippen LogP contribution in [0.1, 0.15) is 38.4 Å². The van der Waals surface area contributed by atoms with Gasteiger partial charge >= 0.3 is 0 Å².